The SMILES string of the molecule is Fc1cc(Cl)c(CSc2ncnc3ccccc23)cc1F. The summed E-state index contributed by atoms with van der Waals surface area (Å²) in [4.78, 5) is 8.41. The zero-order valence-electron chi connectivity index (χ0n) is 10.7. The molecule has 0 fully saturated rings. The number of halogens is 3. The summed E-state index contributed by atoms with van der Waals surface area (Å²) in [7, 11) is 0. The van der Waals surface area contributed by atoms with Crippen LogP contribution in [0, 0.1) is 11.6 Å². The molecule has 0 amide bonds. The summed E-state index contributed by atoms with van der Waals surface area (Å²) in [6.45, 7) is 0. The molecule has 0 saturated carbocycles. The summed E-state index contributed by atoms with van der Waals surface area (Å²) in [6, 6.07) is 9.73. The normalized spacial score (nSPS) is 11.0. The van der Waals surface area contributed by atoms with Gasteiger partial charge in [-0.1, -0.05) is 29.8 Å². The standard InChI is InChI=1S/C15H9ClF2N2S/c16-11-6-13(18)12(17)5-9(11)7-21-15-10-3-1-2-4-14(10)19-8-20-15/h1-6,8H,7H2. The Morgan fingerprint density at radius 3 is 2.67 bits per heavy atom. The molecule has 2 nitrogen and oxygen atoms in total. The highest BCUT2D eigenvalue weighted by Gasteiger charge is 2.10. The molecule has 0 saturated heterocycles. The number of benzene rings is 2. The molecule has 0 aliphatic rings. The minimum absolute atomic E-state index is 0.208. The number of para-hydroxylation sites is 1. The average Bonchev–Trinajstić information content (AvgIpc) is 2.49. The summed E-state index contributed by atoms with van der Waals surface area (Å²) in [5.41, 5.74) is 1.37. The van der Waals surface area contributed by atoms with Crippen LogP contribution < -0.4 is 0 Å². The zero-order valence-corrected chi connectivity index (χ0v) is 12.3. The van der Waals surface area contributed by atoms with Crippen LogP contribution >= 0.6 is 23.4 Å². The maximum atomic E-state index is 13.3. The van der Waals surface area contributed by atoms with Crippen LogP contribution in [0.4, 0.5) is 8.78 Å². The van der Waals surface area contributed by atoms with Crippen molar-refractivity contribution in [1.29, 1.82) is 0 Å². The molecule has 1 heterocycles. The molecule has 0 atom stereocenters. The second kappa shape index (κ2) is 5.95. The van der Waals surface area contributed by atoms with E-state index in [9.17, 15) is 8.78 Å². The van der Waals surface area contributed by atoms with Crippen molar-refractivity contribution in [2.45, 2.75) is 10.8 Å². The first-order chi connectivity index (χ1) is 10.1. The molecule has 6 heteroatoms. The second-order valence-electron chi connectivity index (χ2n) is 4.34. The van der Waals surface area contributed by atoms with E-state index in [1.54, 1.807) is 0 Å². The average molecular weight is 323 g/mol. The van der Waals surface area contributed by atoms with Gasteiger partial charge in [-0.3, -0.25) is 0 Å². The van der Waals surface area contributed by atoms with Gasteiger partial charge in [0.2, 0.25) is 0 Å². The van der Waals surface area contributed by atoms with Crippen LogP contribution in [0.15, 0.2) is 47.8 Å². The molecular weight excluding hydrogens is 314 g/mol. The molecule has 0 bridgehead atoms. The summed E-state index contributed by atoms with van der Waals surface area (Å²) in [5.74, 6) is -1.44. The van der Waals surface area contributed by atoms with Gasteiger partial charge in [-0.15, -0.1) is 11.8 Å². The van der Waals surface area contributed by atoms with Gasteiger partial charge < -0.3 is 0 Å². The van der Waals surface area contributed by atoms with Gasteiger partial charge in [-0.25, -0.2) is 18.7 Å². The van der Waals surface area contributed by atoms with Crippen molar-refractivity contribution in [2.24, 2.45) is 0 Å². The molecule has 21 heavy (non-hydrogen) atoms. The highest BCUT2D eigenvalue weighted by molar-refractivity contribution is 7.98. The molecule has 2 aromatic carbocycles. The molecule has 0 aliphatic carbocycles. The number of hydrogen-bond acceptors (Lipinski definition) is 3. The maximum Gasteiger partial charge on any atom is 0.160 e. The third kappa shape index (κ3) is 2.99. The van der Waals surface area contributed by atoms with Crippen molar-refractivity contribution in [3.63, 3.8) is 0 Å². The summed E-state index contributed by atoms with van der Waals surface area (Å²) in [6.07, 6.45) is 1.48. The summed E-state index contributed by atoms with van der Waals surface area (Å²) < 4.78 is 26.3. The maximum absolute atomic E-state index is 13.3. The van der Waals surface area contributed by atoms with Crippen molar-refractivity contribution in [2.75, 3.05) is 0 Å². The predicted molar refractivity (Wildman–Crippen MR) is 80.5 cm³/mol. The van der Waals surface area contributed by atoms with Crippen LogP contribution in [0.2, 0.25) is 5.02 Å². The molecule has 3 aromatic rings. The first-order valence-electron chi connectivity index (χ1n) is 6.11. The minimum atomic E-state index is -0.943. The van der Waals surface area contributed by atoms with E-state index in [0.717, 1.165) is 28.1 Å². The lowest BCUT2D eigenvalue weighted by atomic mass is 10.2. The van der Waals surface area contributed by atoms with Crippen LogP contribution in [0.1, 0.15) is 5.56 Å². The summed E-state index contributed by atoms with van der Waals surface area (Å²) in [5, 5.41) is 1.91. The monoisotopic (exact) mass is 322 g/mol. The molecular formula is C15H9ClF2N2S. The van der Waals surface area contributed by atoms with E-state index in [1.807, 2.05) is 24.3 Å². The largest absolute Gasteiger partial charge is 0.236 e. The van der Waals surface area contributed by atoms with Crippen molar-refractivity contribution >= 4 is 34.3 Å². The van der Waals surface area contributed by atoms with Crippen LogP contribution in [0.3, 0.4) is 0 Å². The second-order valence-corrected chi connectivity index (χ2v) is 5.71. The lowest BCUT2D eigenvalue weighted by Gasteiger charge is -2.07. The van der Waals surface area contributed by atoms with Crippen molar-refractivity contribution < 1.29 is 8.78 Å². The Bertz CT molecular complexity index is 806. The number of thioether (sulfide) groups is 1. The quantitative estimate of drug-likeness (QED) is 0.391. The van der Waals surface area contributed by atoms with E-state index < -0.39 is 11.6 Å². The molecule has 0 spiro atoms. The third-order valence-corrected chi connectivity index (χ3v) is 4.37. The van der Waals surface area contributed by atoms with Gasteiger partial charge >= 0.3 is 0 Å². The van der Waals surface area contributed by atoms with Gasteiger partial charge in [0, 0.05) is 16.2 Å². The number of aromatic nitrogens is 2. The number of hydrogen-bond donors (Lipinski definition) is 0. The Hall–Kier alpha value is -1.72. The van der Waals surface area contributed by atoms with Crippen molar-refractivity contribution in [3.8, 4) is 0 Å². The van der Waals surface area contributed by atoms with Gasteiger partial charge in [0.1, 0.15) is 11.4 Å². The van der Waals surface area contributed by atoms with E-state index in [1.165, 1.54) is 18.1 Å². The van der Waals surface area contributed by atoms with Gasteiger partial charge in [-0.2, -0.15) is 0 Å². The first kappa shape index (κ1) is 14.2. The fourth-order valence-electron chi connectivity index (χ4n) is 1.92. The Labute approximate surface area is 129 Å². The Balaban J connectivity index is 1.89. The summed E-state index contributed by atoms with van der Waals surface area (Å²) >= 11 is 7.34. The number of rotatable bonds is 3. The fraction of sp³-hybridized carbons (Fsp3) is 0.0667. The molecule has 0 unspecified atom stereocenters. The Morgan fingerprint density at radius 1 is 1.05 bits per heavy atom. The van der Waals surface area contributed by atoms with Crippen LogP contribution in [0.25, 0.3) is 10.9 Å². The number of fused-ring (bicyclic) bond motifs is 1. The molecule has 0 aliphatic heterocycles. The highest BCUT2D eigenvalue weighted by atomic mass is 35.5. The topological polar surface area (TPSA) is 25.8 Å². The molecule has 3 rings (SSSR count). The number of nitrogens with zero attached hydrogens (tertiary/aromatic N) is 2. The molecule has 0 N–H and O–H groups in total. The van der Waals surface area contributed by atoms with E-state index in [-0.39, 0.29) is 5.02 Å². The molecule has 0 radical (unpaired) electrons. The van der Waals surface area contributed by atoms with Gasteiger partial charge in [0.25, 0.3) is 0 Å². The zero-order chi connectivity index (χ0) is 14.8. The smallest absolute Gasteiger partial charge is 0.160 e. The van der Waals surface area contributed by atoms with E-state index >= 15 is 0 Å². The van der Waals surface area contributed by atoms with E-state index in [0.29, 0.717) is 11.3 Å². The van der Waals surface area contributed by atoms with E-state index in [2.05, 4.69) is 9.97 Å². The predicted octanol–water partition coefficient (Wildman–Crippen LogP) is 4.85. The van der Waals surface area contributed by atoms with Crippen LogP contribution in [0.5, 0.6) is 0 Å². The minimum Gasteiger partial charge on any atom is -0.236 e. The van der Waals surface area contributed by atoms with Crippen molar-refractivity contribution in [1.82, 2.24) is 9.97 Å². The Kier molecular flexibility index (Phi) is 4.03. The first-order valence-corrected chi connectivity index (χ1v) is 7.47. The van der Waals surface area contributed by atoms with Gasteiger partial charge in [-0.05, 0) is 23.8 Å². The van der Waals surface area contributed by atoms with Crippen LogP contribution in [-0.2, 0) is 5.75 Å². The molecule has 106 valence electrons. The van der Waals surface area contributed by atoms with E-state index in [4.69, 9.17) is 11.6 Å². The highest BCUT2D eigenvalue weighted by Crippen LogP contribution is 2.30. The van der Waals surface area contributed by atoms with Gasteiger partial charge in [0.05, 0.1) is 5.52 Å². The van der Waals surface area contributed by atoms with Crippen molar-refractivity contribution in [3.05, 3.63) is 64.9 Å². The Morgan fingerprint density at radius 2 is 1.81 bits per heavy atom. The fourth-order valence-corrected chi connectivity index (χ4v) is 3.19. The lowest BCUT2D eigenvalue weighted by Crippen LogP contribution is -1.91. The molecule has 1 aromatic heterocycles. The van der Waals surface area contributed by atoms with Gasteiger partial charge in [0.15, 0.2) is 11.6 Å². The lowest BCUT2D eigenvalue weighted by molar-refractivity contribution is 0.507. The van der Waals surface area contributed by atoms with Crippen LogP contribution in [-0.4, -0.2) is 9.97 Å². The third-order valence-electron chi connectivity index (χ3n) is 2.96.